The molecule has 0 saturated carbocycles. The van der Waals surface area contributed by atoms with Crippen LogP contribution in [0.25, 0.3) is 16.7 Å². The van der Waals surface area contributed by atoms with Crippen LogP contribution in [-0.2, 0) is 4.74 Å². The molecule has 0 spiro atoms. The topological polar surface area (TPSA) is 59.6 Å². The van der Waals surface area contributed by atoms with Crippen molar-refractivity contribution in [2.24, 2.45) is 0 Å². The molecule has 0 bridgehead atoms. The van der Waals surface area contributed by atoms with Crippen LogP contribution in [0.5, 0.6) is 5.75 Å². The summed E-state index contributed by atoms with van der Waals surface area (Å²) in [6, 6.07) is 11.7. The Kier molecular flexibility index (Phi) is 5.47. The van der Waals surface area contributed by atoms with Crippen LogP contribution >= 0.6 is 0 Å². The highest BCUT2D eigenvalue weighted by Gasteiger charge is 2.29. The molecule has 1 aliphatic heterocycles. The molecule has 3 rings (SSSR count). The molecule has 2 N–H and O–H groups in total. The number of anilines is 1. The van der Waals surface area contributed by atoms with E-state index in [-0.39, 0.29) is 11.4 Å². The van der Waals surface area contributed by atoms with E-state index in [4.69, 9.17) is 9.47 Å². The van der Waals surface area contributed by atoms with E-state index in [0.717, 1.165) is 33.7 Å². The normalized spacial score (nSPS) is 15.7. The zero-order valence-electron chi connectivity index (χ0n) is 17.3. The molecule has 1 heterocycles. The lowest BCUT2D eigenvalue weighted by molar-refractivity contribution is 0.0658. The fraction of sp³-hybridized carbons (Fsp3) is 0.348. The molecular weight excluding hydrogens is 352 g/mol. The third-order valence-electron chi connectivity index (χ3n) is 4.95. The average Bonchev–Trinajstić information content (AvgIpc) is 2.65. The zero-order valence-corrected chi connectivity index (χ0v) is 17.3. The Hall–Kier alpha value is -2.79. The average molecular weight is 380 g/mol. The van der Waals surface area contributed by atoms with Gasteiger partial charge >= 0.3 is 0 Å². The summed E-state index contributed by atoms with van der Waals surface area (Å²) >= 11 is 0. The highest BCUT2D eigenvalue weighted by molar-refractivity contribution is 6.08. The molecule has 0 radical (unpaired) electrons. The molecule has 1 atom stereocenters. The number of fused-ring (bicyclic) bond motifs is 1. The summed E-state index contributed by atoms with van der Waals surface area (Å²) in [6.45, 7) is 8.07. The molecule has 2 aromatic rings. The lowest BCUT2D eigenvalue weighted by atomic mass is 9.84. The van der Waals surface area contributed by atoms with Crippen LogP contribution in [0.2, 0.25) is 0 Å². The second kappa shape index (κ2) is 7.68. The summed E-state index contributed by atoms with van der Waals surface area (Å²) in [5, 5.41) is 6.45. The maximum absolute atomic E-state index is 13.3. The standard InChI is InChI=1S/C23H28N2O3/c1-14-13-23(3,4)25-18-12-11-17(16-9-7-8-10-19(16)28-6)21(20(14)18)22(26)24-15(2)27-5/h7-13,15,25H,1-6H3,(H,24,26). The number of methoxy groups -OCH3 is 2. The predicted octanol–water partition coefficient (Wildman–Crippen LogP) is 4.69. The molecule has 0 saturated heterocycles. The van der Waals surface area contributed by atoms with E-state index in [1.807, 2.05) is 43.3 Å². The van der Waals surface area contributed by atoms with Crippen LogP contribution < -0.4 is 15.4 Å². The van der Waals surface area contributed by atoms with Crippen molar-refractivity contribution in [1.82, 2.24) is 5.32 Å². The summed E-state index contributed by atoms with van der Waals surface area (Å²) in [7, 11) is 3.21. The number of nitrogens with one attached hydrogen (secondary N) is 2. The van der Waals surface area contributed by atoms with Crippen LogP contribution in [0.4, 0.5) is 5.69 Å². The van der Waals surface area contributed by atoms with Crippen LogP contribution in [0, 0.1) is 0 Å². The molecular formula is C23H28N2O3. The van der Waals surface area contributed by atoms with Gasteiger partial charge < -0.3 is 20.1 Å². The molecule has 28 heavy (non-hydrogen) atoms. The van der Waals surface area contributed by atoms with E-state index in [1.54, 1.807) is 21.1 Å². The number of amides is 1. The Labute approximate surface area is 166 Å². The SMILES string of the molecule is COc1ccccc1-c1ccc2c(c1C(=O)NC(C)OC)C(C)=CC(C)(C)N2. The zero-order chi connectivity index (χ0) is 20.5. The van der Waals surface area contributed by atoms with Gasteiger partial charge in [-0.15, -0.1) is 0 Å². The van der Waals surface area contributed by atoms with Crippen molar-refractivity contribution < 1.29 is 14.3 Å². The highest BCUT2D eigenvalue weighted by Crippen LogP contribution is 2.42. The summed E-state index contributed by atoms with van der Waals surface area (Å²) in [6.07, 6.45) is 1.75. The molecule has 0 fully saturated rings. The molecule has 1 unspecified atom stereocenters. The first-order valence-electron chi connectivity index (χ1n) is 9.39. The lowest BCUT2D eigenvalue weighted by Crippen LogP contribution is -2.36. The Morgan fingerprint density at radius 2 is 1.82 bits per heavy atom. The van der Waals surface area contributed by atoms with Gasteiger partial charge in [0.05, 0.1) is 18.2 Å². The van der Waals surface area contributed by atoms with Gasteiger partial charge in [-0.3, -0.25) is 4.79 Å². The van der Waals surface area contributed by atoms with Gasteiger partial charge in [-0.05, 0) is 51.0 Å². The van der Waals surface area contributed by atoms with E-state index in [0.29, 0.717) is 5.56 Å². The van der Waals surface area contributed by atoms with E-state index in [2.05, 4.69) is 30.6 Å². The molecule has 5 nitrogen and oxygen atoms in total. The molecule has 0 aliphatic carbocycles. The molecule has 1 amide bonds. The van der Waals surface area contributed by atoms with Gasteiger partial charge in [0, 0.05) is 23.9 Å². The first-order valence-corrected chi connectivity index (χ1v) is 9.39. The maximum Gasteiger partial charge on any atom is 0.254 e. The first-order chi connectivity index (χ1) is 13.3. The molecule has 5 heteroatoms. The van der Waals surface area contributed by atoms with Crippen molar-refractivity contribution in [3.63, 3.8) is 0 Å². The molecule has 0 aromatic heterocycles. The number of allylic oxidation sites excluding steroid dienone is 1. The number of hydrogen-bond donors (Lipinski definition) is 2. The number of benzene rings is 2. The number of carbonyl (C=O) groups excluding carboxylic acids is 1. The largest absolute Gasteiger partial charge is 0.496 e. The van der Waals surface area contributed by atoms with E-state index < -0.39 is 6.23 Å². The first kappa shape index (κ1) is 20.0. The van der Waals surface area contributed by atoms with Gasteiger partial charge in [0.2, 0.25) is 0 Å². The van der Waals surface area contributed by atoms with Crippen molar-refractivity contribution in [2.75, 3.05) is 19.5 Å². The number of ether oxygens (including phenoxy) is 2. The Balaban J connectivity index is 2.27. The third kappa shape index (κ3) is 3.76. The van der Waals surface area contributed by atoms with E-state index in [1.165, 1.54) is 0 Å². The number of para-hydroxylation sites is 1. The second-order valence-corrected chi connectivity index (χ2v) is 7.64. The van der Waals surface area contributed by atoms with Crippen LogP contribution in [-0.4, -0.2) is 31.9 Å². The van der Waals surface area contributed by atoms with Gasteiger partial charge in [-0.1, -0.05) is 30.3 Å². The summed E-state index contributed by atoms with van der Waals surface area (Å²) in [4.78, 5) is 13.3. The van der Waals surface area contributed by atoms with Crippen LogP contribution in [0.1, 0.15) is 43.6 Å². The smallest absolute Gasteiger partial charge is 0.254 e. The highest BCUT2D eigenvalue weighted by atomic mass is 16.5. The van der Waals surface area contributed by atoms with Crippen molar-refractivity contribution in [2.45, 2.75) is 39.5 Å². The summed E-state index contributed by atoms with van der Waals surface area (Å²) in [5.74, 6) is 0.545. The molecule has 148 valence electrons. The van der Waals surface area contributed by atoms with Crippen molar-refractivity contribution in [3.05, 3.63) is 53.6 Å². The quantitative estimate of drug-likeness (QED) is 0.739. The fourth-order valence-electron chi connectivity index (χ4n) is 3.76. The van der Waals surface area contributed by atoms with Gasteiger partial charge in [-0.2, -0.15) is 0 Å². The number of hydrogen-bond acceptors (Lipinski definition) is 4. The Morgan fingerprint density at radius 3 is 2.50 bits per heavy atom. The molecule has 2 aromatic carbocycles. The number of rotatable bonds is 5. The minimum absolute atomic E-state index is 0.179. The fourth-order valence-corrected chi connectivity index (χ4v) is 3.76. The lowest BCUT2D eigenvalue weighted by Gasteiger charge is -2.33. The van der Waals surface area contributed by atoms with E-state index >= 15 is 0 Å². The second-order valence-electron chi connectivity index (χ2n) is 7.64. The number of carbonyl (C=O) groups is 1. The van der Waals surface area contributed by atoms with Crippen molar-refractivity contribution >= 4 is 17.2 Å². The Bertz CT molecular complexity index is 931. The summed E-state index contributed by atoms with van der Waals surface area (Å²) in [5.41, 5.74) is 5.04. The van der Waals surface area contributed by atoms with Crippen LogP contribution in [0.15, 0.2) is 42.5 Å². The third-order valence-corrected chi connectivity index (χ3v) is 4.95. The van der Waals surface area contributed by atoms with Crippen molar-refractivity contribution in [3.8, 4) is 16.9 Å². The summed E-state index contributed by atoms with van der Waals surface area (Å²) < 4.78 is 10.8. The van der Waals surface area contributed by atoms with Gasteiger partial charge in [-0.25, -0.2) is 0 Å². The van der Waals surface area contributed by atoms with Gasteiger partial charge in [0.15, 0.2) is 0 Å². The van der Waals surface area contributed by atoms with Crippen LogP contribution in [0.3, 0.4) is 0 Å². The monoisotopic (exact) mass is 380 g/mol. The predicted molar refractivity (Wildman–Crippen MR) is 114 cm³/mol. The minimum Gasteiger partial charge on any atom is -0.496 e. The van der Waals surface area contributed by atoms with Crippen molar-refractivity contribution in [1.29, 1.82) is 0 Å². The maximum atomic E-state index is 13.3. The molecule has 1 aliphatic rings. The minimum atomic E-state index is -0.397. The van der Waals surface area contributed by atoms with Gasteiger partial charge in [0.1, 0.15) is 12.0 Å². The van der Waals surface area contributed by atoms with E-state index in [9.17, 15) is 4.79 Å². The van der Waals surface area contributed by atoms with Gasteiger partial charge in [0.25, 0.3) is 5.91 Å². The Morgan fingerprint density at radius 1 is 1.11 bits per heavy atom.